The Kier molecular flexibility index (Phi) is 5.27. The van der Waals surface area contributed by atoms with Crippen LogP contribution in [0.25, 0.3) is 11.0 Å². The van der Waals surface area contributed by atoms with Crippen molar-refractivity contribution < 1.29 is 18.0 Å². The van der Waals surface area contributed by atoms with Gasteiger partial charge in [0, 0.05) is 13.1 Å². The highest BCUT2D eigenvalue weighted by Gasteiger charge is 2.31. The maximum Gasteiger partial charge on any atom is 0.416 e. The van der Waals surface area contributed by atoms with Gasteiger partial charge in [0.2, 0.25) is 5.91 Å². The molecule has 1 N–H and O–H groups in total. The molecule has 0 radical (unpaired) electrons. The third kappa shape index (κ3) is 3.94. The maximum absolute atomic E-state index is 13.0. The third-order valence-electron chi connectivity index (χ3n) is 4.22. The predicted molar refractivity (Wildman–Crippen MR) is 91.5 cm³/mol. The normalized spacial score (nSPS) is 19.0. The third-order valence-corrected chi connectivity index (χ3v) is 5.48. The zero-order valence-electron chi connectivity index (χ0n) is 13.9. The second-order valence-corrected chi connectivity index (χ2v) is 7.31. The number of hydrogen-bond acceptors (Lipinski definition) is 3. The van der Waals surface area contributed by atoms with E-state index in [0.717, 1.165) is 37.8 Å². The Morgan fingerprint density at radius 2 is 2.16 bits per heavy atom. The zero-order chi connectivity index (χ0) is 18.0. The van der Waals surface area contributed by atoms with Crippen molar-refractivity contribution in [2.24, 2.45) is 0 Å². The fourth-order valence-corrected chi connectivity index (χ4v) is 4.15. The SMILES string of the molecule is CCCn1c(S[C@H]2CCCCNC2=O)nc2ccc(C(F)(F)F)cc21. The van der Waals surface area contributed by atoms with E-state index in [1.165, 1.54) is 17.8 Å². The maximum atomic E-state index is 13.0. The first-order chi connectivity index (χ1) is 11.9. The number of benzene rings is 1. The van der Waals surface area contributed by atoms with Crippen LogP contribution >= 0.6 is 11.8 Å². The number of fused-ring (bicyclic) bond motifs is 1. The standard InChI is InChI=1S/C17H20F3N3OS/c1-2-9-23-13-10-11(17(18,19)20)6-7-12(13)22-16(23)25-14-5-3-4-8-21-15(14)24/h6-7,10,14H,2-5,8-9H2,1H3,(H,21,24)/t14-/m0/s1. The summed E-state index contributed by atoms with van der Waals surface area (Å²) in [6.07, 6.45) is -0.971. The summed E-state index contributed by atoms with van der Waals surface area (Å²) in [7, 11) is 0. The molecular weight excluding hydrogens is 351 g/mol. The van der Waals surface area contributed by atoms with Crippen LogP contribution in [0.1, 0.15) is 38.2 Å². The number of aryl methyl sites for hydroxylation is 1. The van der Waals surface area contributed by atoms with Crippen LogP contribution in [-0.4, -0.2) is 27.3 Å². The first-order valence-electron chi connectivity index (χ1n) is 8.42. The van der Waals surface area contributed by atoms with Crippen molar-refractivity contribution in [2.45, 2.75) is 55.7 Å². The zero-order valence-corrected chi connectivity index (χ0v) is 14.7. The van der Waals surface area contributed by atoms with E-state index >= 15 is 0 Å². The molecule has 0 aliphatic carbocycles. The molecular formula is C17H20F3N3OS. The second kappa shape index (κ2) is 7.27. The van der Waals surface area contributed by atoms with Crippen LogP contribution < -0.4 is 5.32 Å². The smallest absolute Gasteiger partial charge is 0.355 e. The molecule has 1 aromatic heterocycles. The van der Waals surface area contributed by atoms with Crippen molar-refractivity contribution in [2.75, 3.05) is 6.54 Å². The molecule has 1 atom stereocenters. The molecule has 0 spiro atoms. The van der Waals surface area contributed by atoms with Gasteiger partial charge in [0.05, 0.1) is 21.8 Å². The Hall–Kier alpha value is -1.70. The number of halogens is 3. The molecule has 0 saturated carbocycles. The molecule has 3 rings (SSSR count). The van der Waals surface area contributed by atoms with Gasteiger partial charge in [-0.05, 0) is 37.5 Å². The average Bonchev–Trinajstić information content (AvgIpc) is 2.76. The highest BCUT2D eigenvalue weighted by atomic mass is 32.2. The van der Waals surface area contributed by atoms with Crippen molar-refractivity contribution in [1.82, 2.24) is 14.9 Å². The van der Waals surface area contributed by atoms with Crippen LogP contribution in [0.4, 0.5) is 13.2 Å². The number of hydrogen-bond donors (Lipinski definition) is 1. The van der Waals surface area contributed by atoms with E-state index in [2.05, 4.69) is 10.3 Å². The van der Waals surface area contributed by atoms with E-state index in [0.29, 0.717) is 29.3 Å². The van der Waals surface area contributed by atoms with E-state index in [4.69, 9.17) is 0 Å². The number of rotatable bonds is 4. The lowest BCUT2D eigenvalue weighted by molar-refractivity contribution is -0.137. The van der Waals surface area contributed by atoms with Gasteiger partial charge in [-0.1, -0.05) is 25.1 Å². The summed E-state index contributed by atoms with van der Waals surface area (Å²) in [5.41, 5.74) is 0.312. The molecule has 1 aliphatic heterocycles. The average molecular weight is 371 g/mol. The van der Waals surface area contributed by atoms with Gasteiger partial charge in [0.1, 0.15) is 0 Å². The second-order valence-electron chi connectivity index (χ2n) is 6.14. The molecule has 0 bridgehead atoms. The van der Waals surface area contributed by atoms with E-state index < -0.39 is 11.7 Å². The number of nitrogens with zero attached hydrogens (tertiary/aromatic N) is 2. The molecule has 1 aliphatic rings. The molecule has 1 aromatic carbocycles. The first kappa shape index (κ1) is 18.1. The van der Waals surface area contributed by atoms with Gasteiger partial charge in [-0.15, -0.1) is 0 Å². The van der Waals surface area contributed by atoms with Crippen molar-refractivity contribution in [1.29, 1.82) is 0 Å². The van der Waals surface area contributed by atoms with Crippen LogP contribution in [0.3, 0.4) is 0 Å². The van der Waals surface area contributed by atoms with Crippen LogP contribution in [-0.2, 0) is 17.5 Å². The Bertz CT molecular complexity index is 772. The summed E-state index contributed by atoms with van der Waals surface area (Å²) in [6.45, 7) is 3.21. The van der Waals surface area contributed by atoms with Crippen LogP contribution in [0.15, 0.2) is 23.4 Å². The molecule has 8 heteroatoms. The van der Waals surface area contributed by atoms with E-state index in [9.17, 15) is 18.0 Å². The Morgan fingerprint density at radius 1 is 1.36 bits per heavy atom. The molecule has 4 nitrogen and oxygen atoms in total. The number of alkyl halides is 3. The van der Waals surface area contributed by atoms with Crippen molar-refractivity contribution in [3.63, 3.8) is 0 Å². The van der Waals surface area contributed by atoms with Crippen LogP contribution in [0.5, 0.6) is 0 Å². The summed E-state index contributed by atoms with van der Waals surface area (Å²) < 4.78 is 40.9. The molecule has 1 amide bonds. The Balaban J connectivity index is 1.99. The molecule has 2 heterocycles. The number of thioether (sulfide) groups is 1. The Morgan fingerprint density at radius 3 is 2.88 bits per heavy atom. The quantitative estimate of drug-likeness (QED) is 0.875. The largest absolute Gasteiger partial charge is 0.416 e. The lowest BCUT2D eigenvalue weighted by atomic mass is 10.2. The summed E-state index contributed by atoms with van der Waals surface area (Å²) in [6, 6.07) is 3.61. The van der Waals surface area contributed by atoms with Gasteiger partial charge in [0.15, 0.2) is 5.16 Å². The highest BCUT2D eigenvalue weighted by molar-refractivity contribution is 8.00. The molecule has 0 unspecified atom stereocenters. The van der Waals surface area contributed by atoms with E-state index in [-0.39, 0.29) is 11.2 Å². The number of imidazole rings is 1. The van der Waals surface area contributed by atoms with Crippen LogP contribution in [0.2, 0.25) is 0 Å². The minimum Gasteiger partial charge on any atom is -0.355 e. The first-order valence-corrected chi connectivity index (χ1v) is 9.30. The van der Waals surface area contributed by atoms with Crippen LogP contribution in [0, 0.1) is 0 Å². The van der Waals surface area contributed by atoms with Crippen molar-refractivity contribution in [3.8, 4) is 0 Å². The number of carbonyl (C=O) groups excluding carboxylic acids is 1. The van der Waals surface area contributed by atoms with Gasteiger partial charge >= 0.3 is 6.18 Å². The van der Waals surface area contributed by atoms with Gasteiger partial charge in [0.25, 0.3) is 0 Å². The van der Waals surface area contributed by atoms with Gasteiger partial charge < -0.3 is 9.88 Å². The highest BCUT2D eigenvalue weighted by Crippen LogP contribution is 2.34. The molecule has 25 heavy (non-hydrogen) atoms. The summed E-state index contributed by atoms with van der Waals surface area (Å²) in [5.74, 6) is -0.0198. The minimum absolute atomic E-state index is 0.0198. The monoisotopic (exact) mass is 371 g/mol. The summed E-state index contributed by atoms with van der Waals surface area (Å²) in [5, 5.41) is 3.24. The number of amides is 1. The number of aromatic nitrogens is 2. The molecule has 2 aromatic rings. The lowest BCUT2D eigenvalue weighted by Crippen LogP contribution is -2.30. The van der Waals surface area contributed by atoms with E-state index in [1.54, 1.807) is 4.57 Å². The summed E-state index contributed by atoms with van der Waals surface area (Å²) in [4.78, 5) is 16.7. The number of nitrogens with one attached hydrogen (secondary N) is 1. The van der Waals surface area contributed by atoms with Gasteiger partial charge in [-0.3, -0.25) is 4.79 Å². The predicted octanol–water partition coefficient (Wildman–Crippen LogP) is 4.23. The Labute approximate surface area is 148 Å². The van der Waals surface area contributed by atoms with Crippen molar-refractivity contribution >= 4 is 28.7 Å². The molecule has 1 fully saturated rings. The number of carbonyl (C=O) groups is 1. The molecule has 1 saturated heterocycles. The molecule has 136 valence electrons. The van der Waals surface area contributed by atoms with Gasteiger partial charge in [-0.25, -0.2) is 4.98 Å². The fraction of sp³-hybridized carbons (Fsp3) is 0.529. The fourth-order valence-electron chi connectivity index (χ4n) is 2.96. The lowest BCUT2D eigenvalue weighted by Gasteiger charge is -2.14. The summed E-state index contributed by atoms with van der Waals surface area (Å²) >= 11 is 1.35. The van der Waals surface area contributed by atoms with Gasteiger partial charge in [-0.2, -0.15) is 13.2 Å². The topological polar surface area (TPSA) is 46.9 Å². The van der Waals surface area contributed by atoms with E-state index in [1.807, 2.05) is 6.92 Å². The van der Waals surface area contributed by atoms with Crippen molar-refractivity contribution in [3.05, 3.63) is 23.8 Å². The minimum atomic E-state index is -4.38.